The Labute approximate surface area is 252 Å². The average molecular weight is 575 g/mol. The number of hydrogen-bond donors (Lipinski definition) is 1. The highest BCUT2D eigenvalue weighted by Crippen LogP contribution is 2.60. The molecular weight excluding hydrogens is 536 g/mol. The Bertz CT molecular complexity index is 1730. The van der Waals surface area contributed by atoms with Crippen molar-refractivity contribution >= 4 is 39.8 Å². The molecule has 1 spiro atoms. The third-order valence-corrected chi connectivity index (χ3v) is 9.72. The number of carbonyl (C=O) groups excluding carboxylic acids is 3. The molecule has 2 aliphatic heterocycles. The first-order valence-corrected chi connectivity index (χ1v) is 15.6. The van der Waals surface area contributed by atoms with Crippen molar-refractivity contribution < 1.29 is 19.1 Å². The molecule has 2 heterocycles. The number of Topliss-reactive ketones (excluding diaryl/α,β-unsaturated/α-hetero) is 1. The van der Waals surface area contributed by atoms with Crippen molar-refractivity contribution in [1.29, 1.82) is 0 Å². The first kappa shape index (κ1) is 27.6. The number of nitrogens with one attached hydrogen (secondary N) is 1. The highest BCUT2D eigenvalue weighted by Gasteiger charge is 2.65. The summed E-state index contributed by atoms with van der Waals surface area (Å²) in [5.74, 6) is -0.844. The van der Waals surface area contributed by atoms with E-state index in [-0.39, 0.29) is 35.3 Å². The van der Waals surface area contributed by atoms with Crippen LogP contribution in [0, 0.1) is 5.41 Å². The molecule has 1 saturated carbocycles. The predicted molar refractivity (Wildman–Crippen MR) is 168 cm³/mol. The van der Waals surface area contributed by atoms with Crippen LogP contribution in [0.15, 0.2) is 83.6 Å². The van der Waals surface area contributed by atoms with E-state index in [4.69, 9.17) is 4.74 Å². The monoisotopic (exact) mass is 574 g/mol. The molecule has 43 heavy (non-hydrogen) atoms. The van der Waals surface area contributed by atoms with Gasteiger partial charge >= 0.3 is 5.97 Å². The first-order chi connectivity index (χ1) is 20.8. The Kier molecular flexibility index (Phi) is 6.57. The summed E-state index contributed by atoms with van der Waals surface area (Å²) in [5, 5.41) is 5.63. The molecule has 1 fully saturated rings. The van der Waals surface area contributed by atoms with Crippen LogP contribution in [0.1, 0.15) is 76.8 Å². The molecule has 0 radical (unpaired) electrons. The smallest absolute Gasteiger partial charge is 0.337 e. The maximum Gasteiger partial charge on any atom is 0.337 e. The number of ether oxygens (including phenoxy) is 1. The second-order valence-corrected chi connectivity index (χ2v) is 13.2. The number of amides is 1. The van der Waals surface area contributed by atoms with Crippen LogP contribution in [0.5, 0.6) is 0 Å². The Hall–Kier alpha value is -4.19. The molecule has 0 saturated heterocycles. The lowest BCUT2D eigenvalue weighted by Crippen LogP contribution is -2.52. The Morgan fingerprint density at radius 2 is 1.65 bits per heavy atom. The van der Waals surface area contributed by atoms with Crippen LogP contribution in [0.3, 0.4) is 0 Å². The molecule has 3 aromatic rings. The molecule has 2 aliphatic carbocycles. The molecule has 1 unspecified atom stereocenters. The largest absolute Gasteiger partial charge is 0.463 e. The van der Waals surface area contributed by atoms with Gasteiger partial charge < -0.3 is 15.0 Å². The summed E-state index contributed by atoms with van der Waals surface area (Å²) in [6.45, 7) is 6.12. The highest BCUT2D eigenvalue weighted by atomic mass is 16.5. The van der Waals surface area contributed by atoms with E-state index in [0.717, 1.165) is 59.8 Å². The van der Waals surface area contributed by atoms with Gasteiger partial charge in [0.05, 0.1) is 23.6 Å². The standard InChI is InChI=1S/C37H38N2O4/c1-4-43-34(41)31-33(24-14-7-5-8-15-24)39(25-16-9-6-10-17-25)35(42)37(31)27-20-19-23-13-11-12-18-26(23)32(27)38-28-21-36(2,3)22-29(40)30(28)37/h5,7-8,11-15,18-20,25,38H,4,6,9-10,16-17,21-22H2,1-3H3. The summed E-state index contributed by atoms with van der Waals surface area (Å²) in [5.41, 5.74) is 2.32. The van der Waals surface area contributed by atoms with E-state index >= 15 is 4.79 Å². The molecule has 1 N–H and O–H groups in total. The number of rotatable bonds is 4. The third kappa shape index (κ3) is 4.10. The Balaban J connectivity index is 1.64. The number of fused-ring (bicyclic) bond motifs is 5. The zero-order valence-electron chi connectivity index (χ0n) is 25.2. The van der Waals surface area contributed by atoms with E-state index in [2.05, 4.69) is 19.2 Å². The zero-order chi connectivity index (χ0) is 29.9. The van der Waals surface area contributed by atoms with E-state index in [1.165, 1.54) is 0 Å². The summed E-state index contributed by atoms with van der Waals surface area (Å²) in [4.78, 5) is 46.4. The highest BCUT2D eigenvalue weighted by molar-refractivity contribution is 6.25. The van der Waals surface area contributed by atoms with Crippen molar-refractivity contribution in [1.82, 2.24) is 4.90 Å². The van der Waals surface area contributed by atoms with Crippen molar-refractivity contribution in [3.05, 3.63) is 94.7 Å². The van der Waals surface area contributed by atoms with Crippen molar-refractivity contribution in [2.24, 2.45) is 5.41 Å². The zero-order valence-corrected chi connectivity index (χ0v) is 25.2. The molecule has 6 nitrogen and oxygen atoms in total. The van der Waals surface area contributed by atoms with Gasteiger partial charge in [0.25, 0.3) is 0 Å². The quantitative estimate of drug-likeness (QED) is 0.331. The minimum absolute atomic E-state index is 0.0711. The van der Waals surface area contributed by atoms with Gasteiger partial charge in [0.2, 0.25) is 5.91 Å². The van der Waals surface area contributed by atoms with Gasteiger partial charge in [-0.25, -0.2) is 4.79 Å². The van der Waals surface area contributed by atoms with Gasteiger partial charge in [-0.15, -0.1) is 0 Å². The number of ketones is 1. The number of hydrogen-bond acceptors (Lipinski definition) is 5. The summed E-state index contributed by atoms with van der Waals surface area (Å²) in [6.07, 6.45) is 5.75. The molecule has 3 aromatic carbocycles. The van der Waals surface area contributed by atoms with Gasteiger partial charge in [-0.2, -0.15) is 0 Å². The van der Waals surface area contributed by atoms with Crippen LogP contribution < -0.4 is 5.32 Å². The average Bonchev–Trinajstić information content (AvgIpc) is 3.26. The summed E-state index contributed by atoms with van der Waals surface area (Å²) >= 11 is 0. The molecular formula is C37H38N2O4. The maximum absolute atomic E-state index is 15.6. The number of carbonyl (C=O) groups is 3. The van der Waals surface area contributed by atoms with Crippen LogP contribution in [-0.2, 0) is 24.5 Å². The molecule has 4 aliphatic rings. The fourth-order valence-electron chi connectivity index (χ4n) is 8.06. The molecule has 0 aromatic heterocycles. The second-order valence-electron chi connectivity index (χ2n) is 13.2. The summed E-state index contributed by atoms with van der Waals surface area (Å²) in [7, 11) is 0. The minimum Gasteiger partial charge on any atom is -0.463 e. The molecule has 0 bridgehead atoms. The second kappa shape index (κ2) is 10.2. The van der Waals surface area contributed by atoms with E-state index in [1.54, 1.807) is 6.92 Å². The molecule has 7 rings (SSSR count). The molecule has 6 heteroatoms. The van der Waals surface area contributed by atoms with E-state index < -0.39 is 11.4 Å². The molecule has 1 atom stereocenters. The lowest BCUT2D eigenvalue weighted by atomic mass is 9.60. The topological polar surface area (TPSA) is 75.7 Å². The maximum atomic E-state index is 15.6. The number of esters is 1. The molecule has 220 valence electrons. The number of benzene rings is 3. The van der Waals surface area contributed by atoms with E-state index in [1.807, 2.05) is 71.6 Å². The lowest BCUT2D eigenvalue weighted by molar-refractivity contribution is -0.141. The van der Waals surface area contributed by atoms with E-state index in [9.17, 15) is 9.59 Å². The number of nitrogens with zero attached hydrogens (tertiary/aromatic N) is 1. The van der Waals surface area contributed by atoms with E-state index in [0.29, 0.717) is 29.7 Å². The van der Waals surface area contributed by atoms with Crippen molar-refractivity contribution in [2.75, 3.05) is 11.9 Å². The fraction of sp³-hybridized carbons (Fsp3) is 0.378. The molecule has 1 amide bonds. The predicted octanol–water partition coefficient (Wildman–Crippen LogP) is 7.30. The normalized spacial score (nSPS) is 23.5. The lowest BCUT2D eigenvalue weighted by Gasteiger charge is -2.45. The van der Waals surface area contributed by atoms with Crippen LogP contribution in [-0.4, -0.2) is 35.2 Å². The SMILES string of the molecule is CCOC(=O)C1=C(c2ccccc2)N(C2CCCCC2)C(=O)C12C1=C(CC(C)(C)CC1=O)Nc1c2ccc2ccccc12. The van der Waals surface area contributed by atoms with Gasteiger partial charge in [-0.05, 0) is 42.6 Å². The van der Waals surface area contributed by atoms with Gasteiger partial charge in [0.1, 0.15) is 5.41 Å². The number of anilines is 1. The van der Waals surface area contributed by atoms with Gasteiger partial charge in [0.15, 0.2) is 5.78 Å². The van der Waals surface area contributed by atoms with Crippen molar-refractivity contribution in [3.63, 3.8) is 0 Å². The number of allylic oxidation sites excluding steroid dienone is 1. The fourth-order valence-corrected chi connectivity index (χ4v) is 8.06. The first-order valence-electron chi connectivity index (χ1n) is 15.6. The summed E-state index contributed by atoms with van der Waals surface area (Å²) in [6, 6.07) is 21.7. The third-order valence-electron chi connectivity index (χ3n) is 9.72. The van der Waals surface area contributed by atoms with Crippen molar-refractivity contribution in [2.45, 2.75) is 77.2 Å². The minimum atomic E-state index is -1.61. The van der Waals surface area contributed by atoms with Crippen LogP contribution in [0.2, 0.25) is 0 Å². The van der Waals surface area contributed by atoms with Crippen LogP contribution >= 0.6 is 0 Å². The van der Waals surface area contributed by atoms with Gasteiger partial charge in [-0.1, -0.05) is 99.8 Å². The van der Waals surface area contributed by atoms with Gasteiger partial charge in [0, 0.05) is 34.7 Å². The van der Waals surface area contributed by atoms with Gasteiger partial charge in [-0.3, -0.25) is 9.59 Å². The van der Waals surface area contributed by atoms with Crippen molar-refractivity contribution in [3.8, 4) is 0 Å². The summed E-state index contributed by atoms with van der Waals surface area (Å²) < 4.78 is 5.82. The Morgan fingerprint density at radius 3 is 2.40 bits per heavy atom. The Morgan fingerprint density at radius 1 is 0.930 bits per heavy atom. The van der Waals surface area contributed by atoms with Crippen LogP contribution in [0.4, 0.5) is 5.69 Å². The van der Waals surface area contributed by atoms with Crippen LogP contribution in [0.25, 0.3) is 16.5 Å².